The lowest BCUT2D eigenvalue weighted by Crippen LogP contribution is -2.52. The van der Waals surface area contributed by atoms with Gasteiger partial charge in [-0.05, 0) is 64.5 Å². The van der Waals surface area contributed by atoms with Crippen molar-refractivity contribution in [2.24, 2.45) is 12.8 Å². The summed E-state index contributed by atoms with van der Waals surface area (Å²) < 4.78 is 7.17. The number of hydrogen-bond donors (Lipinski definition) is 5. The van der Waals surface area contributed by atoms with E-state index in [0.29, 0.717) is 45.2 Å². The van der Waals surface area contributed by atoms with E-state index in [1.165, 1.54) is 0 Å². The summed E-state index contributed by atoms with van der Waals surface area (Å²) in [5, 5.41) is 18.1. The first kappa shape index (κ1) is 31.6. The van der Waals surface area contributed by atoms with Gasteiger partial charge in [-0.25, -0.2) is 4.79 Å². The first-order valence-electron chi connectivity index (χ1n) is 13.4. The molecule has 216 valence electrons. The van der Waals surface area contributed by atoms with Crippen molar-refractivity contribution in [1.29, 1.82) is 0 Å². The first-order chi connectivity index (χ1) is 18.4. The van der Waals surface area contributed by atoms with Crippen molar-refractivity contribution in [3.8, 4) is 0 Å². The number of hydrogen-bond acceptors (Lipinski definition) is 6. The standard InChI is InChI=1S/C28H43N5O6/c1-28(2,3)39-27(38)31-16-9-7-12-21(29)25(36)32-22(26(37)30-15-10-8-14-24(34)35)17-19-18-33(4)23-13-6-5-11-20(19)23/h5-6,11,13,18,21-22H,7-10,12,14-17,29H2,1-4H3,(H,30,37)(H,31,38)(H,32,36)(H,34,35)/t21-,22-/m0/s1. The fourth-order valence-corrected chi connectivity index (χ4v) is 4.16. The molecular formula is C28H43N5O6. The van der Waals surface area contributed by atoms with Crippen molar-refractivity contribution in [3.05, 3.63) is 36.0 Å². The van der Waals surface area contributed by atoms with E-state index in [1.807, 2.05) is 42.1 Å². The third-order valence-corrected chi connectivity index (χ3v) is 6.10. The summed E-state index contributed by atoms with van der Waals surface area (Å²) in [5.74, 6) is -1.65. The summed E-state index contributed by atoms with van der Waals surface area (Å²) >= 11 is 0. The molecule has 1 heterocycles. The number of unbranched alkanes of at least 4 members (excludes halogenated alkanes) is 2. The van der Waals surface area contributed by atoms with E-state index in [1.54, 1.807) is 20.8 Å². The molecule has 0 spiro atoms. The average molecular weight is 546 g/mol. The molecule has 2 atom stereocenters. The number of alkyl carbamates (subject to hydrolysis) is 1. The van der Waals surface area contributed by atoms with Crippen LogP contribution < -0.4 is 21.7 Å². The number of amides is 3. The fourth-order valence-electron chi connectivity index (χ4n) is 4.16. The monoisotopic (exact) mass is 545 g/mol. The van der Waals surface area contributed by atoms with Crippen molar-refractivity contribution in [3.63, 3.8) is 0 Å². The van der Waals surface area contributed by atoms with Crippen LogP contribution in [0.3, 0.4) is 0 Å². The highest BCUT2D eigenvalue weighted by Crippen LogP contribution is 2.21. The molecular weight excluding hydrogens is 502 g/mol. The first-order valence-corrected chi connectivity index (χ1v) is 13.4. The molecule has 0 aliphatic carbocycles. The van der Waals surface area contributed by atoms with E-state index < -0.39 is 35.7 Å². The molecule has 11 nitrogen and oxygen atoms in total. The molecule has 2 aromatic rings. The van der Waals surface area contributed by atoms with Crippen molar-refractivity contribution in [1.82, 2.24) is 20.5 Å². The van der Waals surface area contributed by atoms with Crippen LogP contribution in [0.15, 0.2) is 30.5 Å². The SMILES string of the molecule is Cn1cc(C[C@H](NC(=O)[C@@H](N)CCCCNC(=O)OC(C)(C)C)C(=O)NCCCCC(=O)O)c2ccccc21. The normalized spacial score (nSPS) is 12.9. The van der Waals surface area contributed by atoms with Crippen molar-refractivity contribution in [2.75, 3.05) is 13.1 Å². The number of benzene rings is 1. The van der Waals surface area contributed by atoms with E-state index in [0.717, 1.165) is 16.5 Å². The molecule has 0 aliphatic heterocycles. The average Bonchev–Trinajstić information content (AvgIpc) is 3.16. The van der Waals surface area contributed by atoms with E-state index in [4.69, 9.17) is 15.6 Å². The lowest BCUT2D eigenvalue weighted by atomic mass is 10.0. The predicted molar refractivity (Wildman–Crippen MR) is 149 cm³/mol. The highest BCUT2D eigenvalue weighted by Gasteiger charge is 2.25. The molecule has 3 amide bonds. The molecule has 6 N–H and O–H groups in total. The van der Waals surface area contributed by atoms with Gasteiger partial charge in [-0.15, -0.1) is 0 Å². The molecule has 0 saturated heterocycles. The number of ether oxygens (including phenoxy) is 1. The Bertz CT molecular complexity index is 1120. The Morgan fingerprint density at radius 2 is 1.67 bits per heavy atom. The largest absolute Gasteiger partial charge is 0.481 e. The van der Waals surface area contributed by atoms with Gasteiger partial charge in [-0.3, -0.25) is 14.4 Å². The molecule has 0 saturated carbocycles. The molecule has 0 fully saturated rings. The number of nitrogens with zero attached hydrogens (tertiary/aromatic N) is 1. The highest BCUT2D eigenvalue weighted by atomic mass is 16.6. The molecule has 0 aliphatic rings. The zero-order chi connectivity index (χ0) is 29.0. The third-order valence-electron chi connectivity index (χ3n) is 6.10. The van der Waals surface area contributed by atoms with Crippen LogP contribution in [0.1, 0.15) is 64.9 Å². The summed E-state index contributed by atoms with van der Waals surface area (Å²) in [6.45, 7) is 6.08. The number of nitrogens with one attached hydrogen (secondary N) is 3. The van der Waals surface area contributed by atoms with Crippen LogP contribution in [0.25, 0.3) is 10.9 Å². The zero-order valence-corrected chi connectivity index (χ0v) is 23.4. The molecule has 1 aromatic carbocycles. The Balaban J connectivity index is 1.94. The number of nitrogens with two attached hydrogens (primary N) is 1. The highest BCUT2D eigenvalue weighted by molar-refractivity contribution is 5.91. The maximum Gasteiger partial charge on any atom is 0.407 e. The molecule has 0 unspecified atom stereocenters. The van der Waals surface area contributed by atoms with Gasteiger partial charge in [0.25, 0.3) is 0 Å². The van der Waals surface area contributed by atoms with Gasteiger partial charge >= 0.3 is 12.1 Å². The number of carboxylic acid groups (broad SMARTS) is 1. The second kappa shape index (κ2) is 15.1. The molecule has 0 radical (unpaired) electrons. The lowest BCUT2D eigenvalue weighted by Gasteiger charge is -2.21. The number of rotatable bonds is 15. The number of fused-ring (bicyclic) bond motifs is 1. The smallest absolute Gasteiger partial charge is 0.407 e. The lowest BCUT2D eigenvalue weighted by molar-refractivity contribution is -0.137. The molecule has 39 heavy (non-hydrogen) atoms. The van der Waals surface area contributed by atoms with Gasteiger partial charge < -0.3 is 36.1 Å². The number of para-hydroxylation sites is 1. The third kappa shape index (κ3) is 11.4. The minimum Gasteiger partial charge on any atom is -0.481 e. The Hall–Kier alpha value is -3.60. The molecule has 1 aromatic heterocycles. The predicted octanol–water partition coefficient (Wildman–Crippen LogP) is 2.60. The molecule has 0 bridgehead atoms. The zero-order valence-electron chi connectivity index (χ0n) is 23.4. The van der Waals surface area contributed by atoms with Crippen molar-refractivity contribution >= 4 is 34.8 Å². The van der Waals surface area contributed by atoms with Gasteiger partial charge in [0.1, 0.15) is 11.6 Å². The van der Waals surface area contributed by atoms with Gasteiger partial charge in [-0.1, -0.05) is 18.2 Å². The summed E-state index contributed by atoms with van der Waals surface area (Å²) in [7, 11) is 1.93. The van der Waals surface area contributed by atoms with Crippen LogP contribution >= 0.6 is 0 Å². The van der Waals surface area contributed by atoms with Gasteiger partial charge in [0.15, 0.2) is 0 Å². The van der Waals surface area contributed by atoms with Crippen molar-refractivity contribution < 1.29 is 29.0 Å². The van der Waals surface area contributed by atoms with Crippen LogP contribution in [-0.2, 0) is 32.6 Å². The summed E-state index contributed by atoms with van der Waals surface area (Å²) in [5.41, 5.74) is 7.49. The Morgan fingerprint density at radius 1 is 1.00 bits per heavy atom. The van der Waals surface area contributed by atoms with Crippen molar-refractivity contribution in [2.45, 2.75) is 83.4 Å². The number of carboxylic acids is 1. The number of carbonyl (C=O) groups excluding carboxylic acids is 3. The molecule has 11 heteroatoms. The summed E-state index contributed by atoms with van der Waals surface area (Å²) in [6, 6.07) is 6.17. The Morgan fingerprint density at radius 3 is 2.36 bits per heavy atom. The molecule has 2 rings (SSSR count). The number of aliphatic carboxylic acids is 1. The van der Waals surface area contributed by atoms with Gasteiger partial charge in [0.2, 0.25) is 11.8 Å². The Labute approximate surface area is 229 Å². The van der Waals surface area contributed by atoms with Gasteiger partial charge in [0.05, 0.1) is 6.04 Å². The summed E-state index contributed by atoms with van der Waals surface area (Å²) in [4.78, 5) is 48.4. The number of aryl methyl sites for hydroxylation is 1. The maximum atomic E-state index is 13.1. The second-order valence-corrected chi connectivity index (χ2v) is 10.7. The quantitative estimate of drug-likeness (QED) is 0.215. The topological polar surface area (TPSA) is 165 Å². The van der Waals surface area contributed by atoms with Gasteiger partial charge in [-0.2, -0.15) is 0 Å². The van der Waals surface area contributed by atoms with E-state index >= 15 is 0 Å². The minimum absolute atomic E-state index is 0.0359. The fraction of sp³-hybridized carbons (Fsp3) is 0.571. The van der Waals surface area contributed by atoms with Crippen LogP contribution in [0, 0.1) is 0 Å². The van der Waals surface area contributed by atoms with E-state index in [9.17, 15) is 19.2 Å². The van der Waals surface area contributed by atoms with E-state index in [2.05, 4.69) is 16.0 Å². The van der Waals surface area contributed by atoms with Crippen LogP contribution in [-0.4, -0.2) is 64.3 Å². The van der Waals surface area contributed by atoms with Gasteiger partial charge in [0, 0.05) is 50.1 Å². The van der Waals surface area contributed by atoms with Crippen LogP contribution in [0.4, 0.5) is 4.79 Å². The summed E-state index contributed by atoms with van der Waals surface area (Å²) in [6.07, 6.45) is 4.35. The number of aromatic nitrogens is 1. The van der Waals surface area contributed by atoms with E-state index in [-0.39, 0.29) is 18.7 Å². The second-order valence-electron chi connectivity index (χ2n) is 10.7. The number of carbonyl (C=O) groups is 4. The minimum atomic E-state index is -0.878. The van der Waals surface area contributed by atoms with Crippen LogP contribution in [0.2, 0.25) is 0 Å². The van der Waals surface area contributed by atoms with Crippen LogP contribution in [0.5, 0.6) is 0 Å². The Kier molecular flexibility index (Phi) is 12.2. The maximum absolute atomic E-state index is 13.1.